The molecule has 1 aliphatic carbocycles. The topological polar surface area (TPSA) is 24.4 Å². The smallest absolute Gasteiger partial charge is 0.133 e. The number of nitrogens with zero attached hydrogens (tertiary/aromatic N) is 1. The maximum absolute atomic E-state index is 5.39. The van der Waals surface area contributed by atoms with E-state index in [0.29, 0.717) is 0 Å². The Labute approximate surface area is 246 Å². The van der Waals surface area contributed by atoms with Gasteiger partial charge in [0, 0.05) is 32.0 Å². The van der Waals surface area contributed by atoms with Crippen LogP contribution in [0, 0.1) is 0 Å². The van der Waals surface area contributed by atoms with Crippen LogP contribution in [0.1, 0.15) is 66.0 Å². The van der Waals surface area contributed by atoms with Gasteiger partial charge in [-0.15, -0.1) is 0 Å². The molecule has 1 saturated carbocycles. The lowest BCUT2D eigenvalue weighted by Gasteiger charge is -2.43. The Morgan fingerprint density at radius 1 is 0.610 bits per heavy atom. The van der Waals surface area contributed by atoms with Crippen LogP contribution in [0.4, 0.5) is 5.69 Å². The summed E-state index contributed by atoms with van der Waals surface area (Å²) in [4.78, 5) is 8.22. The molecule has 1 fully saturated rings. The lowest BCUT2D eigenvalue weighted by molar-refractivity contribution is 0.335. The lowest BCUT2D eigenvalue weighted by Crippen LogP contribution is -2.34. The van der Waals surface area contributed by atoms with Gasteiger partial charge in [-0.2, -0.15) is 0 Å². The van der Waals surface area contributed by atoms with Gasteiger partial charge < -0.3 is 5.32 Å². The second-order valence-corrected chi connectivity index (χ2v) is 12.6. The van der Waals surface area contributed by atoms with Gasteiger partial charge in [0.2, 0.25) is 0 Å². The number of rotatable bonds is 3. The zero-order valence-corrected chi connectivity index (χ0v) is 23.8. The summed E-state index contributed by atoms with van der Waals surface area (Å²) in [5.74, 6) is 0.957. The first-order chi connectivity index (χ1) is 20.3. The van der Waals surface area contributed by atoms with Crippen molar-refractivity contribution in [3.8, 4) is 11.1 Å². The van der Waals surface area contributed by atoms with Gasteiger partial charge in [0.05, 0.1) is 0 Å². The van der Waals surface area contributed by atoms with E-state index < -0.39 is 0 Å². The van der Waals surface area contributed by atoms with Crippen LogP contribution in [-0.4, -0.2) is 5.84 Å². The maximum Gasteiger partial charge on any atom is 0.133 e. The van der Waals surface area contributed by atoms with Crippen LogP contribution in [-0.2, 0) is 5.41 Å². The van der Waals surface area contributed by atoms with E-state index >= 15 is 0 Å². The molecule has 1 spiro atoms. The molecule has 200 valence electrons. The van der Waals surface area contributed by atoms with Crippen molar-refractivity contribution in [2.45, 2.75) is 53.4 Å². The van der Waals surface area contributed by atoms with Crippen LogP contribution in [0.3, 0.4) is 0 Å². The standard InChI is InChI=1S/C38H32N2S/c1-3-11-26(12-4-1)27-17-19-28(20-18-27)36-30-13-5-7-15-33(30)39-37(40-36)29-21-22-35-32(25-29)38(23-9-2-10-24-38)31-14-6-8-16-34(31)41-35/h1,3-8,11-22,25,36H,2,9-10,23-24H2,(H,39,40). The average Bonchev–Trinajstić information content (AvgIpc) is 3.05. The van der Waals surface area contributed by atoms with Gasteiger partial charge in [-0.05, 0) is 64.9 Å². The normalized spacial score (nSPS) is 18.4. The number of amidine groups is 1. The highest BCUT2D eigenvalue weighted by Gasteiger charge is 2.42. The summed E-state index contributed by atoms with van der Waals surface area (Å²) < 4.78 is 0. The molecule has 3 aliphatic rings. The molecule has 5 aromatic carbocycles. The summed E-state index contributed by atoms with van der Waals surface area (Å²) in [5.41, 5.74) is 10.3. The minimum atomic E-state index is -0.0537. The fourth-order valence-electron chi connectivity index (χ4n) is 7.15. The predicted octanol–water partition coefficient (Wildman–Crippen LogP) is 10.0. The van der Waals surface area contributed by atoms with Crippen molar-refractivity contribution in [2.24, 2.45) is 4.99 Å². The fourth-order valence-corrected chi connectivity index (χ4v) is 8.40. The van der Waals surface area contributed by atoms with E-state index in [0.717, 1.165) is 11.5 Å². The second-order valence-electron chi connectivity index (χ2n) is 11.5. The first-order valence-corrected chi connectivity index (χ1v) is 15.6. The van der Waals surface area contributed by atoms with Gasteiger partial charge in [-0.25, -0.2) is 0 Å². The van der Waals surface area contributed by atoms with Gasteiger partial charge in [0.25, 0.3) is 0 Å². The average molecular weight is 549 g/mol. The number of hydrogen-bond donors (Lipinski definition) is 1. The Hall–Kier alpha value is -4.08. The van der Waals surface area contributed by atoms with Gasteiger partial charge in [0.1, 0.15) is 11.9 Å². The minimum Gasteiger partial charge on any atom is -0.340 e. The number of aliphatic imine (C=N–C) groups is 1. The lowest BCUT2D eigenvalue weighted by atomic mass is 9.65. The van der Waals surface area contributed by atoms with Gasteiger partial charge in [-0.1, -0.05) is 128 Å². The number of hydrogen-bond acceptors (Lipinski definition) is 3. The highest BCUT2D eigenvalue weighted by atomic mass is 32.2. The molecule has 0 saturated heterocycles. The Kier molecular flexibility index (Phi) is 6.07. The maximum atomic E-state index is 5.39. The molecule has 8 rings (SSSR count). The third-order valence-corrected chi connectivity index (χ3v) is 10.4. The van der Waals surface area contributed by atoms with Crippen molar-refractivity contribution in [1.29, 1.82) is 0 Å². The molecule has 3 heteroatoms. The summed E-state index contributed by atoms with van der Waals surface area (Å²) in [5, 5.41) is 3.71. The molecule has 0 bridgehead atoms. The van der Waals surface area contributed by atoms with E-state index in [1.54, 1.807) is 0 Å². The van der Waals surface area contributed by atoms with Crippen molar-refractivity contribution in [1.82, 2.24) is 0 Å². The molecular weight excluding hydrogens is 516 g/mol. The molecule has 1 N–H and O–H groups in total. The summed E-state index contributed by atoms with van der Waals surface area (Å²) in [6, 6.07) is 44.3. The zero-order chi connectivity index (χ0) is 27.2. The second kappa shape index (κ2) is 10.1. The van der Waals surface area contributed by atoms with Gasteiger partial charge in [0.15, 0.2) is 0 Å². The third kappa shape index (κ3) is 4.22. The van der Waals surface area contributed by atoms with E-state index in [4.69, 9.17) is 4.99 Å². The molecule has 0 radical (unpaired) electrons. The van der Waals surface area contributed by atoms with E-state index in [2.05, 4.69) is 127 Å². The quantitative estimate of drug-likeness (QED) is 0.243. The largest absolute Gasteiger partial charge is 0.340 e. The molecule has 5 aromatic rings. The zero-order valence-electron chi connectivity index (χ0n) is 23.0. The van der Waals surface area contributed by atoms with Gasteiger partial charge >= 0.3 is 0 Å². The van der Waals surface area contributed by atoms with Gasteiger partial charge in [-0.3, -0.25) is 4.99 Å². The molecule has 0 aromatic heterocycles. The molecule has 1 unspecified atom stereocenters. The van der Waals surface area contributed by atoms with Crippen molar-refractivity contribution in [3.63, 3.8) is 0 Å². The Morgan fingerprint density at radius 2 is 1.29 bits per heavy atom. The van der Waals surface area contributed by atoms with E-state index in [1.165, 1.54) is 80.8 Å². The highest BCUT2D eigenvalue weighted by Crippen LogP contribution is 2.55. The van der Waals surface area contributed by atoms with Crippen molar-refractivity contribution >= 4 is 23.3 Å². The van der Waals surface area contributed by atoms with Crippen molar-refractivity contribution in [3.05, 3.63) is 149 Å². The Bertz CT molecular complexity index is 1760. The molecule has 2 heterocycles. The predicted molar refractivity (Wildman–Crippen MR) is 171 cm³/mol. The van der Waals surface area contributed by atoms with Crippen LogP contribution in [0.5, 0.6) is 0 Å². The number of fused-ring (bicyclic) bond motifs is 5. The van der Waals surface area contributed by atoms with Crippen LogP contribution in [0.15, 0.2) is 136 Å². The van der Waals surface area contributed by atoms with E-state index in [9.17, 15) is 0 Å². The molecule has 2 aliphatic heterocycles. The monoisotopic (exact) mass is 548 g/mol. The first kappa shape index (κ1) is 24.7. The molecule has 2 nitrogen and oxygen atoms in total. The summed E-state index contributed by atoms with van der Waals surface area (Å²) in [7, 11) is 0. The number of nitrogens with one attached hydrogen (secondary N) is 1. The van der Waals surface area contributed by atoms with Crippen molar-refractivity contribution < 1.29 is 0 Å². The van der Waals surface area contributed by atoms with Crippen LogP contribution in [0.25, 0.3) is 11.1 Å². The van der Waals surface area contributed by atoms with Crippen LogP contribution in [0.2, 0.25) is 0 Å². The Morgan fingerprint density at radius 3 is 2.15 bits per heavy atom. The van der Waals surface area contributed by atoms with Crippen LogP contribution >= 0.6 is 11.8 Å². The molecule has 41 heavy (non-hydrogen) atoms. The number of para-hydroxylation sites is 1. The summed E-state index contributed by atoms with van der Waals surface area (Å²) >= 11 is 1.93. The van der Waals surface area contributed by atoms with Crippen molar-refractivity contribution in [2.75, 3.05) is 5.32 Å². The third-order valence-electron chi connectivity index (χ3n) is 9.20. The highest BCUT2D eigenvalue weighted by molar-refractivity contribution is 7.99. The minimum absolute atomic E-state index is 0.0537. The van der Waals surface area contributed by atoms with Crippen LogP contribution < -0.4 is 5.32 Å². The molecule has 1 atom stereocenters. The fraction of sp³-hybridized carbons (Fsp3) is 0.184. The Balaban J connectivity index is 1.21. The first-order valence-electron chi connectivity index (χ1n) is 14.8. The van der Waals surface area contributed by atoms with E-state index in [1.807, 2.05) is 11.8 Å². The number of anilines is 1. The van der Waals surface area contributed by atoms with E-state index in [-0.39, 0.29) is 11.5 Å². The SMILES string of the molecule is c1ccc(-c2ccc(C3N=C(c4ccc5c(c4)C4(CCCCC4)c4ccccc4S5)Nc4ccccc43)cc2)cc1. The molecular formula is C38H32N2S. The number of benzene rings is 5. The summed E-state index contributed by atoms with van der Waals surface area (Å²) in [6.07, 6.45) is 6.36. The summed E-state index contributed by atoms with van der Waals surface area (Å²) in [6.45, 7) is 0. The molecule has 0 amide bonds.